The van der Waals surface area contributed by atoms with Gasteiger partial charge in [0.2, 0.25) is 0 Å². The smallest absolute Gasteiger partial charge is 0.275 e. The molecule has 0 spiro atoms. The highest BCUT2D eigenvalue weighted by molar-refractivity contribution is 6.17. The molecule has 0 saturated heterocycles. The van der Waals surface area contributed by atoms with Crippen molar-refractivity contribution in [3.05, 3.63) is 46.4 Å². The molecule has 5 rings (SSSR count). The van der Waals surface area contributed by atoms with E-state index in [0.717, 1.165) is 54.8 Å². The van der Waals surface area contributed by atoms with Crippen LogP contribution in [0.1, 0.15) is 87.0 Å². The first kappa shape index (κ1) is 20.3. The number of aryl methyl sites for hydroxylation is 1. The van der Waals surface area contributed by atoms with Gasteiger partial charge < -0.3 is 14.5 Å². The van der Waals surface area contributed by atoms with Gasteiger partial charge in [-0.3, -0.25) is 9.59 Å². The van der Waals surface area contributed by atoms with E-state index in [9.17, 15) is 9.59 Å². The van der Waals surface area contributed by atoms with Gasteiger partial charge in [0.25, 0.3) is 11.5 Å². The number of rotatable bonds is 3. The molecule has 2 aromatic heterocycles. The fraction of sp³-hybridized carbons (Fsp3) is 0.538. The monoisotopic (exact) mass is 419 g/mol. The number of carbonyl (C=O) groups is 1. The molecule has 2 aliphatic rings. The van der Waals surface area contributed by atoms with Crippen molar-refractivity contribution < 1.29 is 4.79 Å². The van der Waals surface area contributed by atoms with Crippen LogP contribution < -0.4 is 10.9 Å². The molecule has 0 aliphatic heterocycles. The number of fused-ring (bicyclic) bond motifs is 3. The zero-order chi connectivity index (χ0) is 21.4. The maximum atomic E-state index is 13.6. The predicted molar refractivity (Wildman–Crippen MR) is 126 cm³/mol. The average molecular weight is 420 g/mol. The van der Waals surface area contributed by atoms with Crippen molar-refractivity contribution in [3.8, 4) is 0 Å². The van der Waals surface area contributed by atoms with Crippen LogP contribution in [0.25, 0.3) is 21.8 Å². The SMILES string of the molecule is Cn1c2ccccc2c2c(C(=O)NC3CCCCCC3)cn(C3CCCCC3)c(=O)c21. The minimum absolute atomic E-state index is 0.0298. The van der Waals surface area contributed by atoms with Gasteiger partial charge in [0, 0.05) is 41.6 Å². The van der Waals surface area contributed by atoms with E-state index in [4.69, 9.17) is 0 Å². The molecule has 31 heavy (non-hydrogen) atoms. The van der Waals surface area contributed by atoms with Crippen LogP contribution in [0.15, 0.2) is 35.3 Å². The minimum Gasteiger partial charge on any atom is -0.349 e. The summed E-state index contributed by atoms with van der Waals surface area (Å²) in [7, 11) is 1.95. The van der Waals surface area contributed by atoms with Crippen LogP contribution in [0, 0.1) is 0 Å². The summed E-state index contributed by atoms with van der Waals surface area (Å²) < 4.78 is 3.86. The maximum absolute atomic E-state index is 13.6. The van der Waals surface area contributed by atoms with Crippen LogP contribution >= 0.6 is 0 Å². The standard InChI is InChI=1S/C26H33N3O2/c1-28-22-16-10-9-15-20(22)23-21(25(30)27-18-11-5-2-3-6-12-18)17-29(26(31)24(23)28)19-13-7-4-8-14-19/h9-10,15-19H,2-8,11-14H2,1H3,(H,27,30). The zero-order valence-electron chi connectivity index (χ0n) is 18.5. The summed E-state index contributed by atoms with van der Waals surface area (Å²) in [5.74, 6) is -0.0298. The summed E-state index contributed by atoms with van der Waals surface area (Å²) in [6.07, 6.45) is 14.4. The van der Waals surface area contributed by atoms with E-state index in [0.29, 0.717) is 11.1 Å². The van der Waals surface area contributed by atoms with E-state index in [2.05, 4.69) is 5.32 Å². The Morgan fingerprint density at radius 3 is 2.32 bits per heavy atom. The average Bonchev–Trinajstić information content (AvgIpc) is 2.94. The van der Waals surface area contributed by atoms with E-state index in [1.165, 1.54) is 32.1 Å². The van der Waals surface area contributed by atoms with Crippen molar-refractivity contribution >= 4 is 27.7 Å². The third kappa shape index (κ3) is 3.68. The second kappa shape index (κ2) is 8.52. The summed E-state index contributed by atoms with van der Waals surface area (Å²) >= 11 is 0. The van der Waals surface area contributed by atoms with Gasteiger partial charge in [0.1, 0.15) is 5.52 Å². The number of amides is 1. The molecule has 0 radical (unpaired) electrons. The number of aromatic nitrogens is 2. The Hall–Kier alpha value is -2.56. The summed E-state index contributed by atoms with van der Waals surface area (Å²) in [4.78, 5) is 27.2. The number of hydrogen-bond donors (Lipinski definition) is 1. The minimum atomic E-state index is -0.0298. The summed E-state index contributed by atoms with van der Waals surface area (Å²) in [6.45, 7) is 0. The first-order valence-corrected chi connectivity index (χ1v) is 12.1. The topological polar surface area (TPSA) is 56.0 Å². The Morgan fingerprint density at radius 1 is 0.935 bits per heavy atom. The van der Waals surface area contributed by atoms with Gasteiger partial charge in [-0.25, -0.2) is 0 Å². The molecule has 0 bridgehead atoms. The molecule has 2 fully saturated rings. The normalized spacial score (nSPS) is 19.0. The molecule has 3 aromatic rings. The van der Waals surface area contributed by atoms with E-state index < -0.39 is 0 Å². The Morgan fingerprint density at radius 2 is 1.58 bits per heavy atom. The van der Waals surface area contributed by atoms with Crippen LogP contribution in [-0.2, 0) is 7.05 Å². The quantitative estimate of drug-likeness (QED) is 0.574. The van der Waals surface area contributed by atoms with Crippen molar-refractivity contribution in [2.75, 3.05) is 0 Å². The number of carbonyl (C=O) groups excluding carboxylic acids is 1. The molecule has 0 unspecified atom stereocenters. The second-order valence-corrected chi connectivity index (χ2v) is 9.51. The third-order valence-corrected chi connectivity index (χ3v) is 7.48. The number of benzene rings is 1. The largest absolute Gasteiger partial charge is 0.349 e. The van der Waals surface area contributed by atoms with Gasteiger partial charge in [-0.2, -0.15) is 0 Å². The summed E-state index contributed by atoms with van der Waals surface area (Å²) in [6, 6.07) is 8.47. The van der Waals surface area contributed by atoms with E-state index in [-0.39, 0.29) is 23.6 Å². The molecule has 164 valence electrons. The molecule has 2 aliphatic carbocycles. The molecule has 1 N–H and O–H groups in total. The second-order valence-electron chi connectivity index (χ2n) is 9.51. The Kier molecular flexibility index (Phi) is 5.59. The van der Waals surface area contributed by atoms with Gasteiger partial charge in [-0.15, -0.1) is 0 Å². The number of nitrogens with zero attached hydrogens (tertiary/aromatic N) is 2. The zero-order valence-corrected chi connectivity index (χ0v) is 18.5. The molecule has 0 atom stereocenters. The number of hydrogen-bond acceptors (Lipinski definition) is 2. The Labute approximate surface area is 183 Å². The van der Waals surface area contributed by atoms with Gasteiger partial charge in [0.15, 0.2) is 0 Å². The first-order valence-electron chi connectivity index (χ1n) is 12.1. The van der Waals surface area contributed by atoms with Crippen LogP contribution in [-0.4, -0.2) is 21.1 Å². The molecular formula is C26H33N3O2. The van der Waals surface area contributed by atoms with Crippen molar-refractivity contribution in [2.24, 2.45) is 7.05 Å². The summed E-state index contributed by atoms with van der Waals surface area (Å²) in [5.41, 5.74) is 2.34. The lowest BCUT2D eigenvalue weighted by Crippen LogP contribution is -2.36. The lowest BCUT2D eigenvalue weighted by Gasteiger charge is -2.25. The predicted octanol–water partition coefficient (Wildman–Crippen LogP) is 5.45. The Bertz CT molecular complexity index is 1160. The van der Waals surface area contributed by atoms with Crippen molar-refractivity contribution in [3.63, 3.8) is 0 Å². The molecule has 2 heterocycles. The molecule has 2 saturated carbocycles. The van der Waals surface area contributed by atoms with Gasteiger partial charge in [-0.1, -0.05) is 63.1 Å². The molecule has 1 aromatic carbocycles. The Balaban J connectivity index is 1.67. The lowest BCUT2D eigenvalue weighted by atomic mass is 9.95. The molecule has 5 heteroatoms. The number of para-hydroxylation sites is 1. The molecule has 1 amide bonds. The third-order valence-electron chi connectivity index (χ3n) is 7.48. The van der Waals surface area contributed by atoms with Crippen LogP contribution in [0.5, 0.6) is 0 Å². The first-order chi connectivity index (χ1) is 15.1. The van der Waals surface area contributed by atoms with Crippen molar-refractivity contribution in [2.45, 2.75) is 82.7 Å². The number of nitrogens with one attached hydrogen (secondary N) is 1. The van der Waals surface area contributed by atoms with E-state index >= 15 is 0 Å². The van der Waals surface area contributed by atoms with Gasteiger partial charge >= 0.3 is 0 Å². The van der Waals surface area contributed by atoms with Crippen LogP contribution in [0.4, 0.5) is 0 Å². The fourth-order valence-corrected chi connectivity index (χ4v) is 5.79. The highest BCUT2D eigenvalue weighted by Gasteiger charge is 2.26. The highest BCUT2D eigenvalue weighted by atomic mass is 16.2. The van der Waals surface area contributed by atoms with E-state index in [1.807, 2.05) is 46.6 Å². The molecule has 5 nitrogen and oxygen atoms in total. The van der Waals surface area contributed by atoms with Crippen LogP contribution in [0.3, 0.4) is 0 Å². The lowest BCUT2D eigenvalue weighted by molar-refractivity contribution is 0.0934. The van der Waals surface area contributed by atoms with Crippen LogP contribution in [0.2, 0.25) is 0 Å². The highest BCUT2D eigenvalue weighted by Crippen LogP contribution is 2.32. The fourth-order valence-electron chi connectivity index (χ4n) is 5.79. The van der Waals surface area contributed by atoms with Crippen molar-refractivity contribution in [1.82, 2.24) is 14.5 Å². The van der Waals surface area contributed by atoms with Gasteiger partial charge in [0.05, 0.1) is 5.56 Å². The van der Waals surface area contributed by atoms with Gasteiger partial charge in [-0.05, 0) is 31.7 Å². The number of pyridine rings is 1. The van der Waals surface area contributed by atoms with E-state index in [1.54, 1.807) is 0 Å². The van der Waals surface area contributed by atoms with Crippen molar-refractivity contribution in [1.29, 1.82) is 0 Å². The maximum Gasteiger partial charge on any atom is 0.275 e. The summed E-state index contributed by atoms with van der Waals surface area (Å²) in [5, 5.41) is 5.12. The molecular weight excluding hydrogens is 386 g/mol.